The normalized spacial score (nSPS) is 24.0. The van der Waals surface area contributed by atoms with Gasteiger partial charge in [0, 0.05) is 30.1 Å². The van der Waals surface area contributed by atoms with Gasteiger partial charge in [-0.2, -0.15) is 0 Å². The van der Waals surface area contributed by atoms with Gasteiger partial charge >= 0.3 is 0 Å². The van der Waals surface area contributed by atoms with E-state index in [-0.39, 0.29) is 23.5 Å². The molecule has 0 spiro atoms. The summed E-state index contributed by atoms with van der Waals surface area (Å²) in [5.41, 5.74) is -0.234. The molecule has 132 valence electrons. The van der Waals surface area contributed by atoms with Crippen molar-refractivity contribution in [1.29, 1.82) is 0 Å². The molecule has 0 unspecified atom stereocenters. The monoisotopic (exact) mass is 360 g/mol. The molecule has 0 amide bonds. The third-order valence-corrected chi connectivity index (χ3v) is 6.46. The van der Waals surface area contributed by atoms with Gasteiger partial charge in [0.1, 0.15) is 0 Å². The standard InChI is InChI=1S/C16H28N2O3S2/c1-13-10-18(11-14(2)21-13)16(3,4)12-17-23(19,20)9-7-15-6-5-8-22-15/h5-6,8,13-14,17H,7,9-12H2,1-4H3/t13-,14+. The second-order valence-electron chi connectivity index (χ2n) is 6.94. The van der Waals surface area contributed by atoms with Gasteiger partial charge in [-0.1, -0.05) is 6.07 Å². The van der Waals surface area contributed by atoms with Gasteiger partial charge < -0.3 is 4.74 Å². The molecule has 1 aliphatic heterocycles. The average Bonchev–Trinajstić information content (AvgIpc) is 2.96. The topological polar surface area (TPSA) is 58.6 Å². The van der Waals surface area contributed by atoms with Gasteiger partial charge in [-0.25, -0.2) is 13.1 Å². The lowest BCUT2D eigenvalue weighted by molar-refractivity contribution is -0.0945. The van der Waals surface area contributed by atoms with Gasteiger partial charge in [0.15, 0.2) is 0 Å². The first-order valence-electron chi connectivity index (χ1n) is 8.08. The number of sulfonamides is 1. The fraction of sp³-hybridized carbons (Fsp3) is 0.750. The average molecular weight is 361 g/mol. The number of hydrogen-bond acceptors (Lipinski definition) is 5. The smallest absolute Gasteiger partial charge is 0.212 e. The van der Waals surface area contributed by atoms with Crippen LogP contribution in [0, 0.1) is 0 Å². The van der Waals surface area contributed by atoms with Crippen LogP contribution in [0.25, 0.3) is 0 Å². The number of hydrogen-bond donors (Lipinski definition) is 1. The van der Waals surface area contributed by atoms with Gasteiger partial charge in [0.05, 0.1) is 18.0 Å². The summed E-state index contributed by atoms with van der Waals surface area (Å²) in [6.07, 6.45) is 0.918. The summed E-state index contributed by atoms with van der Waals surface area (Å²) >= 11 is 1.60. The Morgan fingerprint density at radius 3 is 2.57 bits per heavy atom. The van der Waals surface area contributed by atoms with E-state index in [1.807, 2.05) is 17.5 Å². The highest BCUT2D eigenvalue weighted by Gasteiger charge is 2.33. The molecular weight excluding hydrogens is 332 g/mol. The Kier molecular flexibility index (Phi) is 6.24. The molecule has 0 saturated carbocycles. The molecule has 0 aliphatic carbocycles. The first-order valence-corrected chi connectivity index (χ1v) is 10.6. The number of nitrogens with one attached hydrogen (secondary N) is 1. The molecular formula is C16H28N2O3S2. The van der Waals surface area contributed by atoms with E-state index in [1.54, 1.807) is 11.3 Å². The number of thiophene rings is 1. The highest BCUT2D eigenvalue weighted by molar-refractivity contribution is 7.89. The van der Waals surface area contributed by atoms with Gasteiger partial charge in [-0.15, -0.1) is 11.3 Å². The fourth-order valence-corrected chi connectivity index (χ4v) is 4.88. The summed E-state index contributed by atoms with van der Waals surface area (Å²) in [7, 11) is -3.26. The minimum Gasteiger partial charge on any atom is -0.373 e. The van der Waals surface area contributed by atoms with Crippen LogP contribution in [-0.2, 0) is 21.2 Å². The minimum atomic E-state index is -3.26. The van der Waals surface area contributed by atoms with E-state index in [4.69, 9.17) is 4.74 Å². The summed E-state index contributed by atoms with van der Waals surface area (Å²) in [6.45, 7) is 10.4. The Morgan fingerprint density at radius 1 is 1.35 bits per heavy atom. The van der Waals surface area contributed by atoms with Crippen LogP contribution in [0.15, 0.2) is 17.5 Å². The molecule has 5 nitrogen and oxygen atoms in total. The van der Waals surface area contributed by atoms with Crippen molar-refractivity contribution in [3.05, 3.63) is 22.4 Å². The first kappa shape index (κ1) is 18.9. The molecule has 1 aliphatic rings. The molecule has 23 heavy (non-hydrogen) atoms. The van der Waals surface area contributed by atoms with Crippen LogP contribution in [0.2, 0.25) is 0 Å². The third-order valence-electron chi connectivity index (χ3n) is 4.20. The van der Waals surface area contributed by atoms with Crippen molar-refractivity contribution in [3.8, 4) is 0 Å². The van der Waals surface area contributed by atoms with Crippen LogP contribution in [0.3, 0.4) is 0 Å². The Hall–Kier alpha value is -0.470. The van der Waals surface area contributed by atoms with Crippen LogP contribution in [0.4, 0.5) is 0 Å². The molecule has 2 atom stereocenters. The second kappa shape index (κ2) is 7.61. The van der Waals surface area contributed by atoms with Crippen LogP contribution in [0.5, 0.6) is 0 Å². The number of rotatable bonds is 7. The maximum absolute atomic E-state index is 12.2. The first-order chi connectivity index (χ1) is 10.7. The lowest BCUT2D eigenvalue weighted by Crippen LogP contribution is -2.58. The predicted molar refractivity (Wildman–Crippen MR) is 95.5 cm³/mol. The largest absolute Gasteiger partial charge is 0.373 e. The van der Waals surface area contributed by atoms with Crippen molar-refractivity contribution in [1.82, 2.24) is 9.62 Å². The molecule has 1 N–H and O–H groups in total. The maximum Gasteiger partial charge on any atom is 0.212 e. The van der Waals surface area contributed by atoms with Crippen molar-refractivity contribution in [2.24, 2.45) is 0 Å². The quantitative estimate of drug-likeness (QED) is 0.809. The molecule has 0 radical (unpaired) electrons. The van der Waals surface area contributed by atoms with Crippen LogP contribution >= 0.6 is 11.3 Å². The number of nitrogens with zero attached hydrogens (tertiary/aromatic N) is 1. The van der Waals surface area contributed by atoms with E-state index in [9.17, 15) is 8.42 Å². The van der Waals surface area contributed by atoms with E-state index in [1.165, 1.54) is 0 Å². The highest BCUT2D eigenvalue weighted by Crippen LogP contribution is 2.21. The molecule has 2 heterocycles. The maximum atomic E-state index is 12.2. The summed E-state index contributed by atoms with van der Waals surface area (Å²) < 4.78 is 33.0. The zero-order valence-corrected chi connectivity index (χ0v) is 16.0. The Balaban J connectivity index is 1.87. The molecule has 7 heteroatoms. The summed E-state index contributed by atoms with van der Waals surface area (Å²) in [5, 5.41) is 1.97. The van der Waals surface area contributed by atoms with Crippen molar-refractivity contribution in [3.63, 3.8) is 0 Å². The molecule has 1 aromatic heterocycles. The van der Waals surface area contributed by atoms with Crippen LogP contribution in [-0.4, -0.2) is 56.5 Å². The summed E-state index contributed by atoms with van der Waals surface area (Å²) in [4.78, 5) is 3.42. The van der Waals surface area contributed by atoms with E-state index in [0.29, 0.717) is 13.0 Å². The highest BCUT2D eigenvalue weighted by atomic mass is 32.2. The van der Waals surface area contributed by atoms with Gasteiger partial charge in [-0.3, -0.25) is 4.90 Å². The SMILES string of the molecule is C[C@@H]1CN(C(C)(C)CNS(=O)(=O)CCc2cccs2)C[C@H](C)O1. The van der Waals surface area contributed by atoms with Crippen LogP contribution in [0.1, 0.15) is 32.6 Å². The van der Waals surface area contributed by atoms with E-state index >= 15 is 0 Å². The van der Waals surface area contributed by atoms with Gasteiger partial charge in [-0.05, 0) is 45.6 Å². The summed E-state index contributed by atoms with van der Waals surface area (Å²) in [5.74, 6) is 0.138. The zero-order valence-electron chi connectivity index (χ0n) is 14.4. The molecule has 1 aromatic rings. The molecule has 1 fully saturated rings. The van der Waals surface area contributed by atoms with Gasteiger partial charge in [0.25, 0.3) is 0 Å². The van der Waals surface area contributed by atoms with Crippen molar-refractivity contribution >= 4 is 21.4 Å². The van der Waals surface area contributed by atoms with Crippen LogP contribution < -0.4 is 4.72 Å². The lowest BCUT2D eigenvalue weighted by atomic mass is 10.0. The van der Waals surface area contributed by atoms with Crippen molar-refractivity contribution < 1.29 is 13.2 Å². The van der Waals surface area contributed by atoms with Gasteiger partial charge in [0.2, 0.25) is 10.0 Å². The number of ether oxygens (including phenoxy) is 1. The minimum absolute atomic E-state index is 0.138. The summed E-state index contributed by atoms with van der Waals surface area (Å²) in [6, 6.07) is 3.92. The Morgan fingerprint density at radius 2 is 2.00 bits per heavy atom. The molecule has 2 rings (SSSR count). The molecule has 1 saturated heterocycles. The zero-order chi connectivity index (χ0) is 17.1. The van der Waals surface area contributed by atoms with E-state index in [0.717, 1.165) is 18.0 Å². The fourth-order valence-electron chi connectivity index (χ4n) is 2.83. The Bertz CT molecular complexity index is 574. The Labute approximate surface area is 144 Å². The van der Waals surface area contributed by atoms with E-state index in [2.05, 4.69) is 37.3 Å². The van der Waals surface area contributed by atoms with Crippen molar-refractivity contribution in [2.75, 3.05) is 25.4 Å². The predicted octanol–water partition coefficient (Wildman–Crippen LogP) is 2.10. The van der Waals surface area contributed by atoms with Crippen molar-refractivity contribution in [2.45, 2.75) is 51.9 Å². The van der Waals surface area contributed by atoms with E-state index < -0.39 is 10.0 Å². The number of aryl methyl sites for hydroxylation is 1. The number of morpholine rings is 1. The lowest BCUT2D eigenvalue weighted by Gasteiger charge is -2.45. The third kappa shape index (κ3) is 5.83. The second-order valence-corrected chi connectivity index (χ2v) is 9.90. The molecule has 0 bridgehead atoms. The molecule has 0 aromatic carbocycles.